The molecule has 0 heterocycles. The van der Waals surface area contributed by atoms with Gasteiger partial charge in [0, 0.05) is 19.2 Å². The molecule has 0 fully saturated rings. The Kier molecular flexibility index (Phi) is 5.29. The molecule has 1 aromatic carbocycles. The summed E-state index contributed by atoms with van der Waals surface area (Å²) < 4.78 is 5.32. The summed E-state index contributed by atoms with van der Waals surface area (Å²) in [6.07, 6.45) is 0. The topological polar surface area (TPSA) is 32.7 Å². The van der Waals surface area contributed by atoms with Crippen LogP contribution in [0.15, 0.2) is 24.3 Å². The molecule has 1 unspecified atom stereocenters. The molecule has 0 aromatic heterocycles. The van der Waals surface area contributed by atoms with Crippen molar-refractivity contribution in [1.82, 2.24) is 4.90 Å². The minimum absolute atomic E-state index is 0.285. The van der Waals surface area contributed by atoms with E-state index >= 15 is 0 Å². The van der Waals surface area contributed by atoms with Crippen LogP contribution in [0.25, 0.3) is 0 Å². The first-order chi connectivity index (χ1) is 7.65. The third-order valence-corrected chi connectivity index (χ3v) is 2.81. The number of benzene rings is 1. The summed E-state index contributed by atoms with van der Waals surface area (Å²) in [7, 11) is 2.06. The third-order valence-electron chi connectivity index (χ3n) is 2.81. The number of hydrogen-bond donors (Lipinski definition) is 1. The monoisotopic (exact) mass is 223 g/mol. The van der Waals surface area contributed by atoms with Crippen LogP contribution in [0, 0.1) is 0 Å². The molecule has 0 saturated heterocycles. The second-order valence-electron chi connectivity index (χ2n) is 3.95. The Bertz CT molecular complexity index is 315. The number of hydrogen-bond acceptors (Lipinski definition) is 3. The Labute approximate surface area is 97.7 Å². The molecule has 3 nitrogen and oxygen atoms in total. The molecule has 1 N–H and O–H groups in total. The van der Waals surface area contributed by atoms with Gasteiger partial charge < -0.3 is 9.84 Å². The first kappa shape index (κ1) is 13.0. The maximum Gasteiger partial charge on any atom is 0.115 e. The van der Waals surface area contributed by atoms with Gasteiger partial charge in [-0.15, -0.1) is 0 Å². The van der Waals surface area contributed by atoms with E-state index in [0.29, 0.717) is 5.75 Å². The summed E-state index contributed by atoms with van der Waals surface area (Å²) in [5.41, 5.74) is 1.12. The molecular weight excluding hydrogens is 202 g/mol. The van der Waals surface area contributed by atoms with E-state index < -0.39 is 0 Å². The molecule has 1 rings (SSSR count). The number of ether oxygens (including phenoxy) is 1. The SMILES string of the molecule is CCOCCN(C)C(C)c1cccc(O)c1. The number of aromatic hydroxyl groups is 1. The Morgan fingerprint density at radius 3 is 2.81 bits per heavy atom. The third kappa shape index (κ3) is 3.83. The van der Waals surface area contributed by atoms with Crippen molar-refractivity contribution in [2.24, 2.45) is 0 Å². The Morgan fingerprint density at radius 1 is 1.44 bits per heavy atom. The van der Waals surface area contributed by atoms with E-state index in [1.54, 1.807) is 6.07 Å². The second-order valence-corrected chi connectivity index (χ2v) is 3.95. The zero-order valence-corrected chi connectivity index (χ0v) is 10.3. The van der Waals surface area contributed by atoms with E-state index in [-0.39, 0.29) is 6.04 Å². The van der Waals surface area contributed by atoms with Crippen LogP contribution in [0.1, 0.15) is 25.5 Å². The molecule has 3 heteroatoms. The van der Waals surface area contributed by atoms with Gasteiger partial charge in [0.1, 0.15) is 5.75 Å². The van der Waals surface area contributed by atoms with Crippen LogP contribution in [0.3, 0.4) is 0 Å². The lowest BCUT2D eigenvalue weighted by Crippen LogP contribution is -2.26. The molecule has 0 aliphatic carbocycles. The van der Waals surface area contributed by atoms with Crippen LogP contribution in [-0.2, 0) is 4.74 Å². The minimum atomic E-state index is 0.285. The van der Waals surface area contributed by atoms with Crippen molar-refractivity contribution in [2.75, 3.05) is 26.8 Å². The summed E-state index contributed by atoms with van der Waals surface area (Å²) in [5, 5.41) is 9.41. The van der Waals surface area contributed by atoms with Gasteiger partial charge in [-0.25, -0.2) is 0 Å². The number of likely N-dealkylation sites (N-methyl/N-ethyl adjacent to an activating group) is 1. The fourth-order valence-electron chi connectivity index (χ4n) is 1.59. The van der Waals surface area contributed by atoms with Crippen LogP contribution in [0.2, 0.25) is 0 Å². The standard InChI is InChI=1S/C13H21NO2/c1-4-16-9-8-14(3)11(2)12-6-5-7-13(15)10-12/h5-7,10-11,15H,4,8-9H2,1-3H3. The molecule has 0 bridgehead atoms. The molecule has 16 heavy (non-hydrogen) atoms. The van der Waals surface area contributed by atoms with Crippen LogP contribution in [-0.4, -0.2) is 36.8 Å². The van der Waals surface area contributed by atoms with Crippen molar-refractivity contribution < 1.29 is 9.84 Å². The predicted molar refractivity (Wildman–Crippen MR) is 65.6 cm³/mol. The second kappa shape index (κ2) is 6.51. The van der Waals surface area contributed by atoms with Crippen molar-refractivity contribution in [3.63, 3.8) is 0 Å². The van der Waals surface area contributed by atoms with E-state index in [2.05, 4.69) is 18.9 Å². The minimum Gasteiger partial charge on any atom is -0.508 e. The smallest absolute Gasteiger partial charge is 0.115 e. The zero-order chi connectivity index (χ0) is 12.0. The molecule has 0 radical (unpaired) electrons. The summed E-state index contributed by atoms with van der Waals surface area (Å²) in [5.74, 6) is 0.322. The molecule has 90 valence electrons. The number of rotatable bonds is 6. The molecule has 1 aromatic rings. The quantitative estimate of drug-likeness (QED) is 0.752. The largest absolute Gasteiger partial charge is 0.508 e. The number of nitrogens with zero attached hydrogens (tertiary/aromatic N) is 1. The number of phenols is 1. The maximum absolute atomic E-state index is 9.41. The highest BCUT2D eigenvalue weighted by atomic mass is 16.5. The molecule has 0 spiro atoms. The van der Waals surface area contributed by atoms with Gasteiger partial charge in [-0.05, 0) is 38.6 Å². The van der Waals surface area contributed by atoms with Crippen molar-refractivity contribution in [1.29, 1.82) is 0 Å². The van der Waals surface area contributed by atoms with Crippen molar-refractivity contribution in [3.05, 3.63) is 29.8 Å². The average Bonchev–Trinajstić information content (AvgIpc) is 2.28. The van der Waals surface area contributed by atoms with Crippen LogP contribution >= 0.6 is 0 Å². The van der Waals surface area contributed by atoms with Gasteiger partial charge in [0.15, 0.2) is 0 Å². The number of phenolic OH excluding ortho intramolecular Hbond substituents is 1. The molecule has 0 aliphatic heterocycles. The predicted octanol–water partition coefficient (Wildman–Crippen LogP) is 2.42. The molecule has 0 amide bonds. The molecule has 0 aliphatic rings. The Balaban J connectivity index is 2.52. The lowest BCUT2D eigenvalue weighted by molar-refractivity contribution is 0.110. The highest BCUT2D eigenvalue weighted by molar-refractivity contribution is 5.29. The van der Waals surface area contributed by atoms with E-state index in [1.807, 2.05) is 25.1 Å². The lowest BCUT2D eigenvalue weighted by atomic mass is 10.1. The van der Waals surface area contributed by atoms with Gasteiger partial charge in [-0.2, -0.15) is 0 Å². The van der Waals surface area contributed by atoms with Crippen LogP contribution < -0.4 is 0 Å². The van der Waals surface area contributed by atoms with Gasteiger partial charge in [-0.1, -0.05) is 12.1 Å². The van der Waals surface area contributed by atoms with Gasteiger partial charge in [0.25, 0.3) is 0 Å². The van der Waals surface area contributed by atoms with E-state index in [1.165, 1.54) is 0 Å². The van der Waals surface area contributed by atoms with Crippen molar-refractivity contribution in [3.8, 4) is 5.75 Å². The Hall–Kier alpha value is -1.06. The maximum atomic E-state index is 9.41. The normalized spacial score (nSPS) is 13.0. The van der Waals surface area contributed by atoms with Crippen molar-refractivity contribution >= 4 is 0 Å². The van der Waals surface area contributed by atoms with Gasteiger partial charge >= 0.3 is 0 Å². The first-order valence-electron chi connectivity index (χ1n) is 5.72. The summed E-state index contributed by atoms with van der Waals surface area (Å²) >= 11 is 0. The summed E-state index contributed by atoms with van der Waals surface area (Å²) in [6, 6.07) is 7.68. The van der Waals surface area contributed by atoms with Gasteiger partial charge in [-0.3, -0.25) is 4.90 Å². The van der Waals surface area contributed by atoms with E-state index in [9.17, 15) is 5.11 Å². The van der Waals surface area contributed by atoms with E-state index in [0.717, 1.165) is 25.3 Å². The molecule has 1 atom stereocenters. The van der Waals surface area contributed by atoms with Gasteiger partial charge in [0.05, 0.1) is 6.61 Å². The van der Waals surface area contributed by atoms with Gasteiger partial charge in [0.2, 0.25) is 0 Å². The fourth-order valence-corrected chi connectivity index (χ4v) is 1.59. The van der Waals surface area contributed by atoms with E-state index in [4.69, 9.17) is 4.74 Å². The summed E-state index contributed by atoms with van der Waals surface area (Å²) in [6.45, 7) is 6.52. The fraction of sp³-hybridized carbons (Fsp3) is 0.538. The highest BCUT2D eigenvalue weighted by Gasteiger charge is 2.11. The zero-order valence-electron chi connectivity index (χ0n) is 10.3. The molecular formula is C13H21NO2. The van der Waals surface area contributed by atoms with Crippen LogP contribution in [0.5, 0.6) is 5.75 Å². The lowest BCUT2D eigenvalue weighted by Gasteiger charge is -2.24. The molecule has 0 saturated carbocycles. The van der Waals surface area contributed by atoms with Crippen LogP contribution in [0.4, 0.5) is 0 Å². The highest BCUT2D eigenvalue weighted by Crippen LogP contribution is 2.21. The first-order valence-corrected chi connectivity index (χ1v) is 5.72. The van der Waals surface area contributed by atoms with Crippen molar-refractivity contribution in [2.45, 2.75) is 19.9 Å². The Morgan fingerprint density at radius 2 is 2.19 bits per heavy atom. The summed E-state index contributed by atoms with van der Waals surface area (Å²) in [4.78, 5) is 2.21. The average molecular weight is 223 g/mol.